The predicted molar refractivity (Wildman–Crippen MR) is 119 cm³/mol. The molecule has 0 amide bonds. The summed E-state index contributed by atoms with van der Waals surface area (Å²) in [6, 6.07) is 18.7. The van der Waals surface area contributed by atoms with Gasteiger partial charge in [0.25, 0.3) is 0 Å². The molecule has 0 aromatic heterocycles. The normalized spacial score (nSPS) is 19.9. The smallest absolute Gasteiger partial charge is 0.138 e. The zero-order valence-electron chi connectivity index (χ0n) is 16.5. The van der Waals surface area contributed by atoms with Crippen molar-refractivity contribution in [2.24, 2.45) is 5.92 Å². The van der Waals surface area contributed by atoms with Crippen LogP contribution in [0.3, 0.4) is 0 Å². The molecule has 3 aromatic rings. The Labute approximate surface area is 167 Å². The van der Waals surface area contributed by atoms with Crippen molar-refractivity contribution < 1.29 is 4.39 Å². The van der Waals surface area contributed by atoms with Gasteiger partial charge in [0, 0.05) is 10.9 Å². The number of halogens is 1. The second-order valence-electron chi connectivity index (χ2n) is 7.87. The number of hydrogen-bond acceptors (Lipinski definition) is 0. The van der Waals surface area contributed by atoms with E-state index in [4.69, 9.17) is 0 Å². The van der Waals surface area contributed by atoms with Crippen molar-refractivity contribution in [3.8, 4) is 11.1 Å². The van der Waals surface area contributed by atoms with Gasteiger partial charge >= 0.3 is 0 Å². The lowest BCUT2D eigenvalue weighted by Crippen LogP contribution is -2.11. The maximum atomic E-state index is 14.5. The Kier molecular flexibility index (Phi) is 5.43. The number of fused-ring (bicyclic) bond motifs is 1. The van der Waals surface area contributed by atoms with Crippen LogP contribution in [0, 0.1) is 11.7 Å². The van der Waals surface area contributed by atoms with Crippen molar-refractivity contribution in [1.82, 2.24) is 0 Å². The second kappa shape index (κ2) is 8.14. The van der Waals surface area contributed by atoms with Gasteiger partial charge in [-0.05, 0) is 72.6 Å². The van der Waals surface area contributed by atoms with E-state index >= 15 is 0 Å². The molecule has 1 saturated carbocycles. The van der Waals surface area contributed by atoms with Crippen LogP contribution in [0.1, 0.15) is 49.7 Å². The summed E-state index contributed by atoms with van der Waals surface area (Å²) in [5.41, 5.74) is 4.31. The van der Waals surface area contributed by atoms with E-state index in [0.29, 0.717) is 16.9 Å². The quantitative estimate of drug-likeness (QED) is 0.407. The number of hydrogen-bond donors (Lipinski definition) is 0. The van der Waals surface area contributed by atoms with E-state index in [-0.39, 0.29) is 5.82 Å². The molecule has 0 radical (unpaired) electrons. The van der Waals surface area contributed by atoms with Gasteiger partial charge in [-0.25, -0.2) is 4.39 Å². The van der Waals surface area contributed by atoms with Gasteiger partial charge in [-0.2, -0.15) is 0 Å². The summed E-state index contributed by atoms with van der Waals surface area (Å²) in [7, 11) is 0. The van der Waals surface area contributed by atoms with Crippen molar-refractivity contribution in [2.45, 2.75) is 38.5 Å². The molecule has 142 valence electrons. The first-order chi connectivity index (χ1) is 13.7. The molecule has 1 fully saturated rings. The average Bonchev–Trinajstić information content (AvgIpc) is 2.75. The summed E-state index contributed by atoms with van der Waals surface area (Å²) in [4.78, 5) is 0. The molecule has 3 aromatic carbocycles. The first-order valence-electron chi connectivity index (χ1n) is 10.3. The fraction of sp³-hybridized carbons (Fsp3) is 0.259. The predicted octanol–water partition coefficient (Wildman–Crippen LogP) is 8.14. The molecule has 0 unspecified atom stereocenters. The van der Waals surface area contributed by atoms with E-state index < -0.39 is 0 Å². The first kappa shape index (κ1) is 18.7. The van der Waals surface area contributed by atoms with E-state index in [1.165, 1.54) is 36.8 Å². The largest absolute Gasteiger partial charge is 0.206 e. The number of allylic oxidation sites excluding steroid dienone is 2. The van der Waals surface area contributed by atoms with Crippen LogP contribution >= 0.6 is 0 Å². The SMILES string of the molecule is C=Cc1ccc2cc(-c3ccc(C4CCC(/C=C/C)CC4)cc3)ccc2c1F. The highest BCUT2D eigenvalue weighted by atomic mass is 19.1. The molecule has 0 saturated heterocycles. The Morgan fingerprint density at radius 3 is 2.29 bits per heavy atom. The zero-order chi connectivity index (χ0) is 19.5. The Bertz CT molecular complexity index is 1000. The van der Waals surface area contributed by atoms with Crippen LogP contribution in [0.5, 0.6) is 0 Å². The summed E-state index contributed by atoms with van der Waals surface area (Å²) in [5.74, 6) is 1.25. The van der Waals surface area contributed by atoms with Gasteiger partial charge in [-0.1, -0.05) is 73.3 Å². The van der Waals surface area contributed by atoms with Gasteiger partial charge in [0.05, 0.1) is 0 Å². The molecule has 0 atom stereocenters. The number of benzene rings is 3. The van der Waals surface area contributed by atoms with Gasteiger partial charge < -0.3 is 0 Å². The van der Waals surface area contributed by atoms with Crippen molar-refractivity contribution >= 4 is 16.8 Å². The van der Waals surface area contributed by atoms with E-state index in [1.54, 1.807) is 12.1 Å². The molecule has 0 bridgehead atoms. The van der Waals surface area contributed by atoms with Crippen LogP contribution in [-0.2, 0) is 0 Å². The first-order valence-corrected chi connectivity index (χ1v) is 10.3. The van der Waals surface area contributed by atoms with Gasteiger partial charge in [-0.3, -0.25) is 0 Å². The molecule has 1 heteroatoms. The lowest BCUT2D eigenvalue weighted by Gasteiger charge is -2.27. The highest BCUT2D eigenvalue weighted by Crippen LogP contribution is 2.37. The number of rotatable bonds is 4. The molecule has 0 spiro atoms. The van der Waals surface area contributed by atoms with E-state index in [1.807, 2.05) is 18.2 Å². The molecule has 0 heterocycles. The maximum Gasteiger partial charge on any atom is 0.138 e. The van der Waals surface area contributed by atoms with Crippen LogP contribution in [-0.4, -0.2) is 0 Å². The minimum Gasteiger partial charge on any atom is -0.206 e. The third kappa shape index (κ3) is 3.67. The van der Waals surface area contributed by atoms with Crippen LogP contribution in [0.15, 0.2) is 73.3 Å². The minimum atomic E-state index is -0.192. The fourth-order valence-corrected chi connectivity index (χ4v) is 4.51. The van der Waals surface area contributed by atoms with Crippen LogP contribution in [0.2, 0.25) is 0 Å². The van der Waals surface area contributed by atoms with E-state index in [9.17, 15) is 4.39 Å². The molecular weight excluding hydrogens is 343 g/mol. The van der Waals surface area contributed by atoms with Gasteiger partial charge in [-0.15, -0.1) is 0 Å². The molecule has 0 N–H and O–H groups in total. The van der Waals surface area contributed by atoms with Crippen molar-refractivity contribution in [2.75, 3.05) is 0 Å². The average molecular weight is 371 g/mol. The maximum absolute atomic E-state index is 14.5. The van der Waals surface area contributed by atoms with Gasteiger partial charge in [0.1, 0.15) is 5.82 Å². The topological polar surface area (TPSA) is 0 Å². The van der Waals surface area contributed by atoms with Gasteiger partial charge in [0.2, 0.25) is 0 Å². The van der Waals surface area contributed by atoms with Crippen molar-refractivity contribution in [3.05, 3.63) is 90.3 Å². The Balaban J connectivity index is 1.55. The molecular formula is C27H27F. The van der Waals surface area contributed by atoms with E-state index in [2.05, 4.69) is 56.0 Å². The molecule has 4 rings (SSSR count). The fourth-order valence-electron chi connectivity index (χ4n) is 4.51. The molecule has 0 nitrogen and oxygen atoms in total. The third-order valence-electron chi connectivity index (χ3n) is 6.16. The molecule has 0 aliphatic heterocycles. The van der Waals surface area contributed by atoms with Crippen molar-refractivity contribution in [3.63, 3.8) is 0 Å². The summed E-state index contributed by atoms with van der Waals surface area (Å²) >= 11 is 0. The second-order valence-corrected chi connectivity index (χ2v) is 7.87. The highest BCUT2D eigenvalue weighted by Gasteiger charge is 2.20. The van der Waals surface area contributed by atoms with Crippen LogP contribution < -0.4 is 0 Å². The van der Waals surface area contributed by atoms with Crippen LogP contribution in [0.25, 0.3) is 28.0 Å². The van der Waals surface area contributed by atoms with E-state index in [0.717, 1.165) is 16.9 Å². The Morgan fingerprint density at radius 1 is 0.893 bits per heavy atom. The summed E-state index contributed by atoms with van der Waals surface area (Å²) in [6.07, 6.45) is 11.2. The summed E-state index contributed by atoms with van der Waals surface area (Å²) in [5, 5.41) is 1.57. The molecule has 1 aliphatic rings. The zero-order valence-corrected chi connectivity index (χ0v) is 16.5. The highest BCUT2D eigenvalue weighted by molar-refractivity contribution is 5.89. The minimum absolute atomic E-state index is 0.192. The Morgan fingerprint density at radius 2 is 1.61 bits per heavy atom. The lowest BCUT2D eigenvalue weighted by atomic mass is 9.78. The Hall–Kier alpha value is -2.67. The monoisotopic (exact) mass is 370 g/mol. The van der Waals surface area contributed by atoms with Gasteiger partial charge in [0.15, 0.2) is 0 Å². The van der Waals surface area contributed by atoms with Crippen LogP contribution in [0.4, 0.5) is 4.39 Å². The van der Waals surface area contributed by atoms with Crippen molar-refractivity contribution in [1.29, 1.82) is 0 Å². The summed E-state index contributed by atoms with van der Waals surface area (Å²) < 4.78 is 14.5. The standard InChI is InChI=1S/C27H27F/c1-3-5-19-6-8-21(9-7-19)22-11-13-23(14-12-22)24-16-17-26-25(18-24)15-10-20(4-2)27(26)28/h3-5,10-19,21H,2,6-9H2,1H3/b5-3+. The molecule has 28 heavy (non-hydrogen) atoms. The molecule has 1 aliphatic carbocycles. The lowest BCUT2D eigenvalue weighted by molar-refractivity contribution is 0.376. The summed E-state index contributed by atoms with van der Waals surface area (Å²) in [6.45, 7) is 5.80. The third-order valence-corrected chi connectivity index (χ3v) is 6.16.